The van der Waals surface area contributed by atoms with Crippen molar-refractivity contribution in [3.63, 3.8) is 0 Å². The third-order valence-corrected chi connectivity index (χ3v) is 5.64. The van der Waals surface area contributed by atoms with Crippen LogP contribution in [0.1, 0.15) is 25.0 Å². The van der Waals surface area contributed by atoms with E-state index in [2.05, 4.69) is 5.32 Å². The minimum absolute atomic E-state index is 0.0659. The van der Waals surface area contributed by atoms with Crippen LogP contribution in [0.3, 0.4) is 0 Å². The summed E-state index contributed by atoms with van der Waals surface area (Å²) in [5, 5.41) is 3.58. The fourth-order valence-electron chi connectivity index (χ4n) is 3.62. The van der Waals surface area contributed by atoms with Crippen LogP contribution in [0, 0.1) is 0 Å². The molecular weight excluding hydrogens is 464 g/mol. The van der Waals surface area contributed by atoms with E-state index >= 15 is 0 Å². The van der Waals surface area contributed by atoms with Crippen molar-refractivity contribution in [3.05, 3.63) is 95.0 Å². The Hall–Kier alpha value is -3.51. The van der Waals surface area contributed by atoms with Crippen molar-refractivity contribution in [2.45, 2.75) is 38.9 Å². The van der Waals surface area contributed by atoms with Gasteiger partial charge in [-0.25, -0.2) is 0 Å². The van der Waals surface area contributed by atoms with Gasteiger partial charge in [0.1, 0.15) is 17.5 Å². The molecule has 184 valence electrons. The van der Waals surface area contributed by atoms with E-state index in [0.29, 0.717) is 22.9 Å². The Kier molecular flexibility index (Phi) is 9.56. The number of halogens is 1. The van der Waals surface area contributed by atoms with Gasteiger partial charge in [-0.1, -0.05) is 54.1 Å². The molecule has 1 N–H and O–H groups in total. The lowest BCUT2D eigenvalue weighted by Gasteiger charge is -2.32. The zero-order valence-corrected chi connectivity index (χ0v) is 21.0. The normalized spacial score (nSPS) is 11.6. The molecule has 0 radical (unpaired) electrons. The van der Waals surface area contributed by atoms with Gasteiger partial charge in [-0.3, -0.25) is 9.59 Å². The Morgan fingerprint density at radius 2 is 1.51 bits per heavy atom. The average Bonchev–Trinajstić information content (AvgIpc) is 2.86. The molecule has 0 saturated carbocycles. The number of ether oxygens (including phenoxy) is 2. The molecule has 0 aliphatic rings. The van der Waals surface area contributed by atoms with Crippen molar-refractivity contribution in [3.8, 4) is 11.5 Å². The lowest BCUT2D eigenvalue weighted by molar-refractivity contribution is -0.143. The maximum absolute atomic E-state index is 13.5. The van der Waals surface area contributed by atoms with Gasteiger partial charge in [0.05, 0.1) is 7.11 Å². The fraction of sp³-hybridized carbons (Fsp3) is 0.286. The van der Waals surface area contributed by atoms with E-state index in [-0.39, 0.29) is 31.0 Å². The average molecular weight is 495 g/mol. The van der Waals surface area contributed by atoms with Crippen LogP contribution in [0.25, 0.3) is 0 Å². The number of carbonyl (C=O) groups is 2. The van der Waals surface area contributed by atoms with Gasteiger partial charge in [0.15, 0.2) is 6.61 Å². The number of nitrogens with zero attached hydrogens (tertiary/aromatic N) is 1. The molecule has 0 aliphatic heterocycles. The topological polar surface area (TPSA) is 67.9 Å². The Bertz CT molecular complexity index is 1090. The van der Waals surface area contributed by atoms with Crippen molar-refractivity contribution < 1.29 is 19.1 Å². The van der Waals surface area contributed by atoms with Crippen molar-refractivity contribution >= 4 is 23.4 Å². The van der Waals surface area contributed by atoms with Gasteiger partial charge in [0.2, 0.25) is 5.91 Å². The van der Waals surface area contributed by atoms with Gasteiger partial charge in [0, 0.05) is 24.0 Å². The molecule has 2 amide bonds. The van der Waals surface area contributed by atoms with Crippen LogP contribution in [0.4, 0.5) is 0 Å². The predicted molar refractivity (Wildman–Crippen MR) is 138 cm³/mol. The van der Waals surface area contributed by atoms with E-state index in [4.69, 9.17) is 21.1 Å². The maximum Gasteiger partial charge on any atom is 0.261 e. The van der Waals surface area contributed by atoms with Crippen LogP contribution in [-0.4, -0.2) is 42.5 Å². The van der Waals surface area contributed by atoms with Gasteiger partial charge in [-0.15, -0.1) is 0 Å². The van der Waals surface area contributed by atoms with Gasteiger partial charge < -0.3 is 19.7 Å². The molecule has 0 heterocycles. The standard InChI is InChI=1S/C28H31ClN2O4/c1-20(2)30-28(33)26(17-21-7-5-4-6-8-21)31(18-22-9-11-23(29)12-10-22)27(32)19-35-25-15-13-24(34-3)14-16-25/h4-16,20,26H,17-19H2,1-3H3,(H,30,33)/t26-/m1/s1. The Labute approximate surface area is 211 Å². The van der Waals surface area contributed by atoms with Crippen LogP contribution in [0.5, 0.6) is 11.5 Å². The second kappa shape index (κ2) is 12.8. The number of benzene rings is 3. The van der Waals surface area contributed by atoms with Crippen LogP contribution in [0.15, 0.2) is 78.9 Å². The van der Waals surface area contributed by atoms with E-state index in [1.807, 2.05) is 56.3 Å². The van der Waals surface area contributed by atoms with Gasteiger partial charge in [0.25, 0.3) is 5.91 Å². The second-order valence-electron chi connectivity index (χ2n) is 8.48. The van der Waals surface area contributed by atoms with Gasteiger partial charge in [-0.05, 0) is 61.4 Å². The first-order chi connectivity index (χ1) is 16.9. The summed E-state index contributed by atoms with van der Waals surface area (Å²) < 4.78 is 10.9. The molecule has 0 aromatic heterocycles. The Balaban J connectivity index is 1.87. The molecule has 3 aromatic carbocycles. The smallest absolute Gasteiger partial charge is 0.261 e. The third-order valence-electron chi connectivity index (χ3n) is 5.39. The summed E-state index contributed by atoms with van der Waals surface area (Å²) >= 11 is 6.05. The molecule has 3 aromatic rings. The number of nitrogens with one attached hydrogen (secondary N) is 1. The highest BCUT2D eigenvalue weighted by atomic mass is 35.5. The second-order valence-corrected chi connectivity index (χ2v) is 8.92. The quantitative estimate of drug-likeness (QED) is 0.412. The number of hydrogen-bond acceptors (Lipinski definition) is 4. The van der Waals surface area contributed by atoms with Gasteiger partial charge in [-0.2, -0.15) is 0 Å². The van der Waals surface area contributed by atoms with E-state index in [0.717, 1.165) is 11.1 Å². The van der Waals surface area contributed by atoms with E-state index < -0.39 is 6.04 Å². The summed E-state index contributed by atoms with van der Waals surface area (Å²) in [7, 11) is 1.59. The van der Waals surface area contributed by atoms with Gasteiger partial charge >= 0.3 is 0 Å². The largest absolute Gasteiger partial charge is 0.497 e. The number of rotatable bonds is 11. The highest BCUT2D eigenvalue weighted by Gasteiger charge is 2.31. The molecule has 0 fully saturated rings. The number of methoxy groups -OCH3 is 1. The molecule has 0 saturated heterocycles. The summed E-state index contributed by atoms with van der Waals surface area (Å²) in [4.78, 5) is 28.4. The summed E-state index contributed by atoms with van der Waals surface area (Å²) in [6.45, 7) is 3.83. The number of amides is 2. The minimum Gasteiger partial charge on any atom is -0.497 e. The first-order valence-electron chi connectivity index (χ1n) is 11.5. The lowest BCUT2D eigenvalue weighted by Crippen LogP contribution is -2.52. The van der Waals surface area contributed by atoms with E-state index in [9.17, 15) is 9.59 Å². The zero-order valence-electron chi connectivity index (χ0n) is 20.2. The molecule has 0 spiro atoms. The molecule has 35 heavy (non-hydrogen) atoms. The molecule has 7 heteroatoms. The first kappa shape index (κ1) is 26.1. The Morgan fingerprint density at radius 3 is 2.11 bits per heavy atom. The zero-order chi connectivity index (χ0) is 25.2. The van der Waals surface area contributed by atoms with Crippen LogP contribution < -0.4 is 14.8 Å². The number of hydrogen-bond donors (Lipinski definition) is 1. The van der Waals surface area contributed by atoms with Crippen LogP contribution in [-0.2, 0) is 22.6 Å². The monoisotopic (exact) mass is 494 g/mol. The van der Waals surface area contributed by atoms with Crippen LogP contribution in [0.2, 0.25) is 5.02 Å². The van der Waals surface area contributed by atoms with Crippen molar-refractivity contribution in [2.75, 3.05) is 13.7 Å². The predicted octanol–water partition coefficient (Wildman–Crippen LogP) is 4.89. The summed E-state index contributed by atoms with van der Waals surface area (Å²) in [6, 6.07) is 23.1. The summed E-state index contributed by atoms with van der Waals surface area (Å²) in [5.74, 6) is 0.726. The first-order valence-corrected chi connectivity index (χ1v) is 11.9. The Morgan fingerprint density at radius 1 is 0.886 bits per heavy atom. The highest BCUT2D eigenvalue weighted by Crippen LogP contribution is 2.19. The maximum atomic E-state index is 13.5. The molecule has 3 rings (SSSR count). The summed E-state index contributed by atoms with van der Waals surface area (Å²) in [6.07, 6.45) is 0.376. The SMILES string of the molecule is COc1ccc(OCC(=O)N(Cc2ccc(Cl)cc2)[C@H](Cc2ccccc2)C(=O)NC(C)C)cc1. The third kappa shape index (κ3) is 8.04. The summed E-state index contributed by atoms with van der Waals surface area (Å²) in [5.41, 5.74) is 1.82. The fourth-order valence-corrected chi connectivity index (χ4v) is 3.75. The molecule has 0 unspecified atom stereocenters. The molecular formula is C28H31ClN2O4. The lowest BCUT2D eigenvalue weighted by atomic mass is 10.0. The highest BCUT2D eigenvalue weighted by molar-refractivity contribution is 6.30. The molecule has 1 atom stereocenters. The molecule has 6 nitrogen and oxygen atoms in total. The van der Waals surface area contributed by atoms with Crippen LogP contribution >= 0.6 is 11.6 Å². The minimum atomic E-state index is -0.720. The van der Waals surface area contributed by atoms with E-state index in [1.54, 1.807) is 48.4 Å². The van der Waals surface area contributed by atoms with E-state index in [1.165, 1.54) is 0 Å². The van der Waals surface area contributed by atoms with Crippen molar-refractivity contribution in [2.24, 2.45) is 0 Å². The number of carbonyl (C=O) groups excluding carboxylic acids is 2. The van der Waals surface area contributed by atoms with Crippen molar-refractivity contribution in [1.29, 1.82) is 0 Å². The van der Waals surface area contributed by atoms with Crippen molar-refractivity contribution in [1.82, 2.24) is 10.2 Å². The molecule has 0 bridgehead atoms. The molecule has 0 aliphatic carbocycles.